The highest BCUT2D eigenvalue weighted by Gasteiger charge is 2.28. The van der Waals surface area contributed by atoms with Gasteiger partial charge in [-0.1, -0.05) is 0 Å². The smallest absolute Gasteiger partial charge is 0.243 e. The summed E-state index contributed by atoms with van der Waals surface area (Å²) in [5.41, 5.74) is 1.71. The summed E-state index contributed by atoms with van der Waals surface area (Å²) in [5.74, 6) is 0. The zero-order chi connectivity index (χ0) is 21.7. The predicted molar refractivity (Wildman–Crippen MR) is 125 cm³/mol. The molecule has 8 nitrogen and oxygen atoms in total. The molecule has 172 valence electrons. The van der Waals surface area contributed by atoms with Crippen LogP contribution in [0.2, 0.25) is 0 Å². The average molecular weight is 469 g/mol. The Hall–Kier alpha value is -1.46. The Bertz CT molecular complexity index is 862. The molecule has 1 aromatic carbocycles. The molecule has 0 aliphatic carbocycles. The molecule has 0 bridgehead atoms. The molecule has 0 radical (unpaired) electrons. The van der Waals surface area contributed by atoms with Crippen LogP contribution in [0.25, 0.3) is 0 Å². The Balaban J connectivity index is 1.54. The van der Waals surface area contributed by atoms with Crippen LogP contribution in [0, 0.1) is 0 Å². The first-order valence-electron chi connectivity index (χ1n) is 11.2. The maximum atomic E-state index is 13.2. The molecule has 31 heavy (non-hydrogen) atoms. The standard InChI is InChI=1S/C21H32N4O4S2/c26-31(27,25-10-13-28-14-11-25)18-6-7-20(24-8-2-1-3-9-24)19(15-18)23-21(30)22-16-17-5-4-12-29-17/h6-7,15,17H,1-5,8-14,16H2,(H2,22,23,30)/t17-/m0/s1. The van der Waals surface area contributed by atoms with Gasteiger partial charge in [0.25, 0.3) is 0 Å². The predicted octanol–water partition coefficient (Wildman–Crippen LogP) is 2.16. The molecule has 4 rings (SSSR count). The molecule has 1 atom stereocenters. The number of benzene rings is 1. The van der Waals surface area contributed by atoms with Crippen LogP contribution >= 0.6 is 12.2 Å². The number of nitrogens with one attached hydrogen (secondary N) is 2. The third-order valence-corrected chi connectivity index (χ3v) is 8.18. The summed E-state index contributed by atoms with van der Waals surface area (Å²) in [6.45, 7) is 4.96. The van der Waals surface area contributed by atoms with Crippen molar-refractivity contribution in [1.82, 2.24) is 9.62 Å². The van der Waals surface area contributed by atoms with Crippen LogP contribution in [-0.4, -0.2) is 76.5 Å². The van der Waals surface area contributed by atoms with Crippen LogP contribution in [0.15, 0.2) is 23.1 Å². The van der Waals surface area contributed by atoms with Crippen molar-refractivity contribution in [1.29, 1.82) is 0 Å². The van der Waals surface area contributed by atoms with Crippen LogP contribution in [0.5, 0.6) is 0 Å². The molecule has 3 fully saturated rings. The van der Waals surface area contributed by atoms with E-state index in [1.807, 2.05) is 6.07 Å². The van der Waals surface area contributed by atoms with E-state index in [0.717, 1.165) is 56.8 Å². The van der Waals surface area contributed by atoms with Gasteiger partial charge in [0, 0.05) is 39.3 Å². The SMILES string of the molecule is O=S(=O)(c1ccc(N2CCCCC2)c(NC(=S)NC[C@@H]2CCCO2)c1)N1CCOCC1. The van der Waals surface area contributed by atoms with E-state index >= 15 is 0 Å². The van der Waals surface area contributed by atoms with Gasteiger partial charge < -0.3 is 25.0 Å². The zero-order valence-electron chi connectivity index (χ0n) is 17.8. The summed E-state index contributed by atoms with van der Waals surface area (Å²) < 4.78 is 38.8. The molecule has 0 amide bonds. The van der Waals surface area contributed by atoms with Crippen LogP contribution < -0.4 is 15.5 Å². The summed E-state index contributed by atoms with van der Waals surface area (Å²) >= 11 is 5.52. The van der Waals surface area contributed by atoms with Crippen molar-refractivity contribution in [3.63, 3.8) is 0 Å². The van der Waals surface area contributed by atoms with Crippen LogP contribution in [0.4, 0.5) is 11.4 Å². The van der Waals surface area contributed by atoms with Gasteiger partial charge in [-0.05, 0) is 62.5 Å². The van der Waals surface area contributed by atoms with E-state index in [2.05, 4.69) is 15.5 Å². The minimum Gasteiger partial charge on any atom is -0.379 e. The Morgan fingerprint density at radius 3 is 2.55 bits per heavy atom. The summed E-state index contributed by atoms with van der Waals surface area (Å²) in [4.78, 5) is 2.58. The topological polar surface area (TPSA) is 83.1 Å². The summed E-state index contributed by atoms with van der Waals surface area (Å²) in [5, 5.41) is 6.97. The van der Waals surface area contributed by atoms with E-state index < -0.39 is 10.0 Å². The second-order valence-corrected chi connectivity index (χ2v) is 10.6. The molecule has 0 spiro atoms. The first-order valence-corrected chi connectivity index (χ1v) is 13.0. The van der Waals surface area contributed by atoms with Crippen molar-refractivity contribution in [2.24, 2.45) is 0 Å². The maximum absolute atomic E-state index is 13.2. The monoisotopic (exact) mass is 468 g/mol. The number of morpholine rings is 1. The highest BCUT2D eigenvalue weighted by atomic mass is 32.2. The van der Waals surface area contributed by atoms with Crippen molar-refractivity contribution >= 4 is 38.7 Å². The Morgan fingerprint density at radius 2 is 1.84 bits per heavy atom. The molecule has 1 aromatic rings. The van der Waals surface area contributed by atoms with Crippen molar-refractivity contribution in [2.45, 2.75) is 43.1 Å². The number of thiocarbonyl (C=S) groups is 1. The number of sulfonamides is 1. The van der Waals surface area contributed by atoms with E-state index in [0.29, 0.717) is 38.0 Å². The minimum atomic E-state index is -3.58. The molecule has 3 aliphatic heterocycles. The van der Waals surface area contributed by atoms with Crippen LogP contribution in [-0.2, 0) is 19.5 Å². The minimum absolute atomic E-state index is 0.175. The zero-order valence-corrected chi connectivity index (χ0v) is 19.5. The fraction of sp³-hybridized carbons (Fsp3) is 0.667. The maximum Gasteiger partial charge on any atom is 0.243 e. The third-order valence-electron chi connectivity index (χ3n) is 6.04. The van der Waals surface area contributed by atoms with E-state index in [1.165, 1.54) is 10.7 Å². The Morgan fingerprint density at radius 1 is 1.06 bits per heavy atom. The average Bonchev–Trinajstić information content (AvgIpc) is 3.33. The second-order valence-electron chi connectivity index (χ2n) is 8.21. The lowest BCUT2D eigenvalue weighted by molar-refractivity contribution is 0.0730. The quantitative estimate of drug-likeness (QED) is 0.615. The van der Waals surface area contributed by atoms with Gasteiger partial charge in [-0.15, -0.1) is 0 Å². The molecule has 3 saturated heterocycles. The number of hydrogen-bond donors (Lipinski definition) is 2. The molecular weight excluding hydrogens is 436 g/mol. The summed E-state index contributed by atoms with van der Waals surface area (Å²) in [7, 11) is -3.58. The lowest BCUT2D eigenvalue weighted by Crippen LogP contribution is -2.40. The van der Waals surface area contributed by atoms with Crippen LogP contribution in [0.3, 0.4) is 0 Å². The number of ether oxygens (including phenoxy) is 2. The van der Waals surface area contributed by atoms with Crippen molar-refractivity contribution in [3.8, 4) is 0 Å². The van der Waals surface area contributed by atoms with Gasteiger partial charge in [-0.3, -0.25) is 0 Å². The van der Waals surface area contributed by atoms with Gasteiger partial charge in [-0.2, -0.15) is 4.31 Å². The largest absolute Gasteiger partial charge is 0.379 e. The van der Waals surface area contributed by atoms with E-state index in [1.54, 1.807) is 12.1 Å². The molecule has 10 heteroatoms. The first-order chi connectivity index (χ1) is 15.0. The Kier molecular flexibility index (Phi) is 7.65. The van der Waals surface area contributed by atoms with Gasteiger partial charge in [0.15, 0.2) is 5.11 Å². The van der Waals surface area contributed by atoms with E-state index in [-0.39, 0.29) is 11.0 Å². The molecule has 3 aliphatic rings. The van der Waals surface area contributed by atoms with Gasteiger partial charge in [0.05, 0.1) is 35.6 Å². The van der Waals surface area contributed by atoms with Gasteiger partial charge in [0.1, 0.15) is 0 Å². The van der Waals surface area contributed by atoms with Crippen molar-refractivity contribution in [3.05, 3.63) is 18.2 Å². The highest BCUT2D eigenvalue weighted by molar-refractivity contribution is 7.89. The fourth-order valence-electron chi connectivity index (χ4n) is 4.30. The van der Waals surface area contributed by atoms with E-state index in [9.17, 15) is 8.42 Å². The molecule has 2 N–H and O–H groups in total. The van der Waals surface area contributed by atoms with Crippen LogP contribution in [0.1, 0.15) is 32.1 Å². The van der Waals surface area contributed by atoms with E-state index in [4.69, 9.17) is 21.7 Å². The fourth-order valence-corrected chi connectivity index (χ4v) is 5.93. The van der Waals surface area contributed by atoms with Crippen molar-refractivity contribution in [2.75, 3.05) is 62.8 Å². The lowest BCUT2D eigenvalue weighted by Gasteiger charge is -2.31. The Labute approximate surface area is 190 Å². The molecule has 0 aromatic heterocycles. The number of rotatable bonds is 6. The van der Waals surface area contributed by atoms with Crippen molar-refractivity contribution < 1.29 is 17.9 Å². The summed E-state index contributed by atoms with van der Waals surface area (Å²) in [6, 6.07) is 5.33. The third kappa shape index (κ3) is 5.67. The summed E-state index contributed by atoms with van der Waals surface area (Å²) in [6.07, 6.45) is 5.78. The highest BCUT2D eigenvalue weighted by Crippen LogP contribution is 2.32. The number of nitrogens with zero attached hydrogens (tertiary/aromatic N) is 2. The van der Waals surface area contributed by atoms with Gasteiger partial charge in [0.2, 0.25) is 10.0 Å². The number of hydrogen-bond acceptors (Lipinski definition) is 6. The number of piperidine rings is 1. The van der Waals surface area contributed by atoms with Gasteiger partial charge in [-0.25, -0.2) is 8.42 Å². The number of anilines is 2. The molecule has 0 saturated carbocycles. The molecular formula is C21H32N4O4S2. The second kappa shape index (κ2) is 10.4. The normalized spacial score (nSPS) is 23.0. The molecule has 3 heterocycles. The van der Waals surface area contributed by atoms with Gasteiger partial charge >= 0.3 is 0 Å². The molecule has 0 unspecified atom stereocenters. The first kappa shape index (κ1) is 22.7. The lowest BCUT2D eigenvalue weighted by atomic mass is 10.1.